The van der Waals surface area contributed by atoms with Crippen LogP contribution in [0.25, 0.3) is 0 Å². The molecule has 5 nitrogen and oxygen atoms in total. The summed E-state index contributed by atoms with van der Waals surface area (Å²) in [5.41, 5.74) is -0.256. The highest BCUT2D eigenvalue weighted by Gasteiger charge is 2.38. The largest absolute Gasteiger partial charge is 0.445 e. The van der Waals surface area contributed by atoms with Crippen molar-refractivity contribution in [1.82, 2.24) is 4.90 Å². The third kappa shape index (κ3) is 3.00. The fourth-order valence-electron chi connectivity index (χ4n) is 1.95. The molecule has 1 fully saturated rings. The van der Waals surface area contributed by atoms with Crippen molar-refractivity contribution in [3.63, 3.8) is 0 Å². The van der Waals surface area contributed by atoms with Gasteiger partial charge in [-0.15, -0.1) is 0 Å². The summed E-state index contributed by atoms with van der Waals surface area (Å²) in [6.07, 6.45) is -0.0764. The van der Waals surface area contributed by atoms with Gasteiger partial charge in [0.1, 0.15) is 12.2 Å². The summed E-state index contributed by atoms with van der Waals surface area (Å²) in [5.74, 6) is 0. The first-order chi connectivity index (χ1) is 8.63. The topological polar surface area (TPSA) is 70.0 Å². The van der Waals surface area contributed by atoms with Gasteiger partial charge in [-0.25, -0.2) is 4.79 Å². The van der Waals surface area contributed by atoms with E-state index in [2.05, 4.69) is 0 Å². The molecule has 1 aromatic carbocycles. The molecule has 1 aliphatic heterocycles. The fourth-order valence-corrected chi connectivity index (χ4v) is 1.95. The number of amides is 1. The number of aliphatic hydroxyl groups is 2. The molecule has 1 aliphatic rings. The van der Waals surface area contributed by atoms with Crippen LogP contribution in [0.2, 0.25) is 0 Å². The first-order valence-corrected chi connectivity index (χ1v) is 5.92. The maximum atomic E-state index is 11.7. The fraction of sp³-hybridized carbons (Fsp3) is 0.462. The molecule has 0 saturated carbocycles. The molecule has 18 heavy (non-hydrogen) atoms. The third-order valence-corrected chi connectivity index (χ3v) is 3.09. The molecular weight excluding hydrogens is 234 g/mol. The van der Waals surface area contributed by atoms with E-state index in [4.69, 9.17) is 9.84 Å². The molecule has 1 aromatic rings. The normalized spacial score (nSPS) is 23.1. The van der Waals surface area contributed by atoms with Gasteiger partial charge < -0.3 is 19.8 Å². The Balaban J connectivity index is 1.83. The van der Waals surface area contributed by atoms with Crippen molar-refractivity contribution < 1.29 is 19.7 Å². The lowest BCUT2D eigenvalue weighted by Crippen LogP contribution is -2.38. The number of aliphatic hydroxyl groups excluding tert-OH is 1. The van der Waals surface area contributed by atoms with E-state index in [0.717, 1.165) is 5.56 Å². The van der Waals surface area contributed by atoms with Crippen molar-refractivity contribution in [3.8, 4) is 0 Å². The molecule has 5 heteroatoms. The SMILES string of the molecule is O=C(OCc1ccccc1)N1CCC(O)(CO)C1. The van der Waals surface area contributed by atoms with Crippen molar-refractivity contribution in [2.24, 2.45) is 0 Å². The van der Waals surface area contributed by atoms with E-state index in [-0.39, 0.29) is 19.8 Å². The molecule has 1 saturated heterocycles. The van der Waals surface area contributed by atoms with Crippen molar-refractivity contribution in [1.29, 1.82) is 0 Å². The number of likely N-dealkylation sites (tertiary alicyclic amines) is 1. The summed E-state index contributed by atoms with van der Waals surface area (Å²) in [6, 6.07) is 9.41. The van der Waals surface area contributed by atoms with E-state index in [1.165, 1.54) is 4.90 Å². The van der Waals surface area contributed by atoms with Crippen LogP contribution in [-0.4, -0.2) is 46.5 Å². The molecule has 0 bridgehead atoms. The summed E-state index contributed by atoms with van der Waals surface area (Å²) < 4.78 is 5.14. The van der Waals surface area contributed by atoms with Gasteiger partial charge in [0.05, 0.1) is 13.2 Å². The van der Waals surface area contributed by atoms with Gasteiger partial charge in [0, 0.05) is 6.54 Å². The highest BCUT2D eigenvalue weighted by molar-refractivity contribution is 5.68. The lowest BCUT2D eigenvalue weighted by Gasteiger charge is -2.20. The first-order valence-electron chi connectivity index (χ1n) is 5.92. The van der Waals surface area contributed by atoms with E-state index in [1.54, 1.807) is 0 Å². The zero-order valence-corrected chi connectivity index (χ0v) is 10.1. The molecule has 98 valence electrons. The molecule has 0 aliphatic carbocycles. The molecular formula is C13H17NO4. The second kappa shape index (κ2) is 5.37. The molecule has 2 N–H and O–H groups in total. The Kier molecular flexibility index (Phi) is 3.84. The summed E-state index contributed by atoms with van der Waals surface area (Å²) >= 11 is 0. The van der Waals surface area contributed by atoms with Crippen LogP contribution >= 0.6 is 0 Å². The number of rotatable bonds is 3. The van der Waals surface area contributed by atoms with Crippen molar-refractivity contribution >= 4 is 6.09 Å². The van der Waals surface area contributed by atoms with Crippen LogP contribution < -0.4 is 0 Å². The number of carbonyl (C=O) groups is 1. The number of carbonyl (C=O) groups excluding carboxylic acids is 1. The van der Waals surface area contributed by atoms with Crippen molar-refractivity contribution in [2.45, 2.75) is 18.6 Å². The van der Waals surface area contributed by atoms with Gasteiger partial charge in [0.15, 0.2) is 0 Å². The van der Waals surface area contributed by atoms with Gasteiger partial charge in [0.25, 0.3) is 0 Å². The maximum absolute atomic E-state index is 11.7. The molecule has 1 heterocycles. The number of β-amino-alcohol motifs (C(OH)–C–C–N with tert-alkyl or cyclic N) is 1. The maximum Gasteiger partial charge on any atom is 0.410 e. The van der Waals surface area contributed by atoms with Crippen LogP contribution in [0.5, 0.6) is 0 Å². The van der Waals surface area contributed by atoms with Crippen molar-refractivity contribution in [3.05, 3.63) is 35.9 Å². The Bertz CT molecular complexity index is 409. The van der Waals surface area contributed by atoms with Crippen LogP contribution in [0.1, 0.15) is 12.0 Å². The van der Waals surface area contributed by atoms with E-state index in [1.807, 2.05) is 30.3 Å². The van der Waals surface area contributed by atoms with E-state index in [9.17, 15) is 9.90 Å². The number of benzene rings is 1. The average Bonchev–Trinajstić information content (AvgIpc) is 2.81. The Morgan fingerprint density at radius 2 is 2.11 bits per heavy atom. The molecule has 0 spiro atoms. The number of ether oxygens (including phenoxy) is 1. The summed E-state index contributed by atoms with van der Waals surface area (Å²) in [7, 11) is 0. The van der Waals surface area contributed by atoms with Gasteiger partial charge in [-0.3, -0.25) is 0 Å². The Hall–Kier alpha value is -1.59. The van der Waals surface area contributed by atoms with Gasteiger partial charge in [-0.05, 0) is 12.0 Å². The van der Waals surface area contributed by atoms with Crippen molar-refractivity contribution in [2.75, 3.05) is 19.7 Å². The average molecular weight is 251 g/mol. The lowest BCUT2D eigenvalue weighted by molar-refractivity contribution is -0.00594. The third-order valence-electron chi connectivity index (χ3n) is 3.09. The number of hydrogen-bond donors (Lipinski definition) is 2. The minimum absolute atomic E-state index is 0.122. The Labute approximate surface area is 106 Å². The van der Waals surface area contributed by atoms with Crippen LogP contribution in [0, 0.1) is 0 Å². The minimum atomic E-state index is -1.17. The van der Waals surface area contributed by atoms with Gasteiger partial charge in [-0.1, -0.05) is 30.3 Å². The van der Waals surface area contributed by atoms with Gasteiger partial charge in [0.2, 0.25) is 0 Å². The zero-order chi connectivity index (χ0) is 13.0. The highest BCUT2D eigenvalue weighted by Crippen LogP contribution is 2.21. The first kappa shape index (κ1) is 12.9. The predicted molar refractivity (Wildman–Crippen MR) is 64.9 cm³/mol. The molecule has 1 amide bonds. The van der Waals surface area contributed by atoms with E-state index < -0.39 is 11.7 Å². The molecule has 1 unspecified atom stereocenters. The second-order valence-electron chi connectivity index (χ2n) is 4.59. The van der Waals surface area contributed by atoms with E-state index in [0.29, 0.717) is 13.0 Å². The molecule has 0 radical (unpaired) electrons. The summed E-state index contributed by atoms with van der Waals surface area (Å²) in [4.78, 5) is 13.1. The highest BCUT2D eigenvalue weighted by atomic mass is 16.6. The Morgan fingerprint density at radius 1 is 1.39 bits per heavy atom. The standard InChI is InChI=1S/C13H17NO4/c15-10-13(17)6-7-14(9-13)12(16)18-8-11-4-2-1-3-5-11/h1-5,15,17H,6-10H2. The summed E-state index contributed by atoms with van der Waals surface area (Å²) in [5, 5.41) is 18.8. The Morgan fingerprint density at radius 3 is 2.72 bits per heavy atom. The second-order valence-corrected chi connectivity index (χ2v) is 4.59. The number of hydrogen-bond acceptors (Lipinski definition) is 4. The predicted octanol–water partition coefficient (Wildman–Crippen LogP) is 0.752. The van der Waals surface area contributed by atoms with Gasteiger partial charge in [-0.2, -0.15) is 0 Å². The van der Waals surface area contributed by atoms with Crippen LogP contribution in [-0.2, 0) is 11.3 Å². The summed E-state index contributed by atoms with van der Waals surface area (Å²) in [6.45, 7) is 0.408. The minimum Gasteiger partial charge on any atom is -0.445 e. The zero-order valence-electron chi connectivity index (χ0n) is 10.1. The van der Waals surface area contributed by atoms with Crippen LogP contribution in [0.4, 0.5) is 4.79 Å². The monoisotopic (exact) mass is 251 g/mol. The molecule has 1 atom stereocenters. The quantitative estimate of drug-likeness (QED) is 0.831. The van der Waals surface area contributed by atoms with E-state index >= 15 is 0 Å². The van der Waals surface area contributed by atoms with Crippen LogP contribution in [0.3, 0.4) is 0 Å². The van der Waals surface area contributed by atoms with Crippen LogP contribution in [0.15, 0.2) is 30.3 Å². The number of nitrogens with zero attached hydrogens (tertiary/aromatic N) is 1. The van der Waals surface area contributed by atoms with Gasteiger partial charge >= 0.3 is 6.09 Å². The lowest BCUT2D eigenvalue weighted by atomic mass is 10.1. The molecule has 0 aromatic heterocycles. The smallest absolute Gasteiger partial charge is 0.410 e. The molecule has 2 rings (SSSR count).